The molecule has 2 aliphatic heterocycles. The summed E-state index contributed by atoms with van der Waals surface area (Å²) in [5, 5.41) is 64.7. The Bertz CT molecular complexity index is 4580. The van der Waals surface area contributed by atoms with Crippen LogP contribution in [0, 0.1) is 0 Å². The second kappa shape index (κ2) is 38.1. The Morgan fingerprint density at radius 2 is 0.530 bits per heavy atom. The number of anilines is 2. The number of aliphatic hydroxyl groups is 6. The molecule has 620 valence electrons. The Labute approximate surface area is 691 Å². The smallest absolute Gasteiger partial charge is 0.163 e. The molecule has 0 bridgehead atoms. The second-order valence-electron chi connectivity index (χ2n) is 33.6. The van der Waals surface area contributed by atoms with E-state index in [4.69, 9.17) is 47.4 Å². The topological polar surface area (TPSA) is 227 Å². The highest BCUT2D eigenvalue weighted by molar-refractivity contribution is 5.54. The van der Waals surface area contributed by atoms with Crippen LogP contribution < -0.4 is 47.7 Å². The van der Waals surface area contributed by atoms with Gasteiger partial charge in [-0.15, -0.1) is 0 Å². The lowest BCUT2D eigenvalue weighted by Gasteiger charge is -2.34. The highest BCUT2D eigenvalue weighted by Crippen LogP contribution is 2.43. The van der Waals surface area contributed by atoms with E-state index in [2.05, 4.69) is 133 Å². The van der Waals surface area contributed by atoms with Crippen molar-refractivity contribution in [1.82, 2.24) is 0 Å². The summed E-state index contributed by atoms with van der Waals surface area (Å²) >= 11 is 0. The summed E-state index contributed by atoms with van der Waals surface area (Å²) in [6.45, 7) is 27.8. The average molecular weight is 1590 g/mol. The molecule has 0 aliphatic carbocycles. The van der Waals surface area contributed by atoms with Crippen LogP contribution in [0.3, 0.4) is 0 Å². The van der Waals surface area contributed by atoms with Crippen LogP contribution in [0.25, 0.3) is 0 Å². The number of hydrogen-bond donors (Lipinski definition) is 6. The van der Waals surface area contributed by atoms with E-state index < -0.39 is 36.4 Å². The number of rotatable bonds is 43. The van der Waals surface area contributed by atoms with Crippen molar-refractivity contribution in [1.29, 1.82) is 0 Å². The molecule has 18 heteroatoms. The molecule has 10 aromatic rings. The van der Waals surface area contributed by atoms with Crippen LogP contribution in [0.2, 0.25) is 0 Å². The molecule has 0 amide bonds. The van der Waals surface area contributed by atoms with Crippen molar-refractivity contribution in [3.05, 3.63) is 298 Å². The van der Waals surface area contributed by atoms with E-state index in [1.54, 1.807) is 13.8 Å². The van der Waals surface area contributed by atoms with E-state index in [1.165, 1.54) is 4.90 Å². The number of ether oxygens (including phenoxy) is 10. The Balaban J connectivity index is 0.724. The van der Waals surface area contributed by atoms with E-state index in [0.29, 0.717) is 67.6 Å². The Morgan fingerprint density at radius 1 is 0.299 bits per heavy atom. The van der Waals surface area contributed by atoms with Gasteiger partial charge in [-0.05, 0) is 216 Å². The van der Waals surface area contributed by atoms with Crippen LogP contribution in [0.5, 0.6) is 46.0 Å². The molecule has 12 rings (SSSR count). The highest BCUT2D eigenvalue weighted by atomic mass is 16.7. The zero-order chi connectivity index (χ0) is 83.2. The molecule has 0 saturated carbocycles. The van der Waals surface area contributed by atoms with Crippen LogP contribution in [0.4, 0.5) is 11.4 Å². The number of epoxide rings is 2. The third-order valence-electron chi connectivity index (χ3n) is 22.7. The summed E-state index contributed by atoms with van der Waals surface area (Å²) < 4.78 is 61.8. The fourth-order valence-electron chi connectivity index (χ4n) is 14.2. The van der Waals surface area contributed by atoms with Crippen molar-refractivity contribution in [3.8, 4) is 46.0 Å². The van der Waals surface area contributed by atoms with Gasteiger partial charge in [-0.2, -0.15) is 0 Å². The van der Waals surface area contributed by atoms with Gasteiger partial charge in [0.1, 0.15) is 111 Å². The van der Waals surface area contributed by atoms with Crippen LogP contribution in [0.15, 0.2) is 243 Å². The first-order valence-corrected chi connectivity index (χ1v) is 41.0. The minimum Gasteiger partial charge on any atom is -0.491 e. The van der Waals surface area contributed by atoms with Gasteiger partial charge >= 0.3 is 0 Å². The normalized spacial score (nSPS) is 16.8. The first kappa shape index (κ1) is 86.2. The maximum atomic E-state index is 12.2. The lowest BCUT2D eigenvalue weighted by molar-refractivity contribution is 0.0284. The summed E-state index contributed by atoms with van der Waals surface area (Å²) in [5.41, 5.74) is 9.99. The zero-order valence-electron chi connectivity index (χ0n) is 69.9. The summed E-state index contributed by atoms with van der Waals surface area (Å²) in [7, 11) is 0. The first-order chi connectivity index (χ1) is 56.0. The number of aliphatic hydroxyl groups excluding tert-OH is 5. The minimum absolute atomic E-state index is 0.175. The molecule has 0 aromatic heterocycles. The average Bonchev–Trinajstić information content (AvgIpc) is 1.59. The van der Waals surface area contributed by atoms with Gasteiger partial charge in [0.2, 0.25) is 0 Å². The Hall–Kier alpha value is -10.1. The molecule has 117 heavy (non-hydrogen) atoms. The molecule has 9 atom stereocenters. The van der Waals surface area contributed by atoms with Crippen molar-refractivity contribution >= 4 is 11.4 Å². The summed E-state index contributed by atoms with van der Waals surface area (Å²) in [5.74, 6) is 5.36. The van der Waals surface area contributed by atoms with Gasteiger partial charge in [-0.25, -0.2) is 0 Å². The van der Waals surface area contributed by atoms with Gasteiger partial charge in [0, 0.05) is 33.0 Å². The van der Waals surface area contributed by atoms with Crippen molar-refractivity contribution in [2.45, 2.75) is 198 Å². The molecular weight excluding hydrogens is 1470 g/mol. The largest absolute Gasteiger partial charge is 0.491 e. The van der Waals surface area contributed by atoms with Crippen molar-refractivity contribution < 1.29 is 78.0 Å². The fourth-order valence-corrected chi connectivity index (χ4v) is 14.2. The van der Waals surface area contributed by atoms with E-state index in [1.807, 2.05) is 191 Å². The van der Waals surface area contributed by atoms with Gasteiger partial charge in [0.15, 0.2) is 24.9 Å². The van der Waals surface area contributed by atoms with Gasteiger partial charge in [-0.3, -0.25) is 0 Å². The molecule has 2 aliphatic rings. The molecular formula is C99H118N2O16. The van der Waals surface area contributed by atoms with Gasteiger partial charge in [0.05, 0.1) is 23.9 Å². The first-order valence-electron chi connectivity index (χ1n) is 41.0. The summed E-state index contributed by atoms with van der Waals surface area (Å²) in [4.78, 5) is 3.70. The maximum absolute atomic E-state index is 12.2. The minimum atomic E-state index is -1.32. The predicted molar refractivity (Wildman–Crippen MR) is 459 cm³/mol. The van der Waals surface area contributed by atoms with E-state index in [-0.39, 0.29) is 86.0 Å². The third-order valence-corrected chi connectivity index (χ3v) is 22.7. The molecule has 2 saturated heterocycles. The Kier molecular flexibility index (Phi) is 28.1. The number of benzene rings is 10. The third kappa shape index (κ3) is 22.6. The number of nitrogens with zero attached hydrogens (tertiary/aromatic N) is 2. The second-order valence-corrected chi connectivity index (χ2v) is 33.6. The predicted octanol–water partition coefficient (Wildman–Crippen LogP) is 17.2. The van der Waals surface area contributed by atoms with E-state index in [9.17, 15) is 30.6 Å². The fraction of sp³-hybridized carbons (Fsp3) is 0.394. The van der Waals surface area contributed by atoms with E-state index in [0.717, 1.165) is 84.3 Å². The van der Waals surface area contributed by atoms with Crippen LogP contribution >= 0.6 is 0 Å². The van der Waals surface area contributed by atoms with Crippen molar-refractivity contribution in [2.24, 2.45) is 0 Å². The molecule has 0 spiro atoms. The van der Waals surface area contributed by atoms with Crippen LogP contribution in [-0.2, 0) is 37.6 Å². The summed E-state index contributed by atoms with van der Waals surface area (Å²) in [6, 6.07) is 80.2. The molecule has 18 nitrogen and oxygen atoms in total. The maximum Gasteiger partial charge on any atom is 0.163 e. The highest BCUT2D eigenvalue weighted by Gasteiger charge is 2.55. The number of hydrogen-bond acceptors (Lipinski definition) is 18. The van der Waals surface area contributed by atoms with Crippen LogP contribution in [-0.4, -0.2) is 145 Å². The zero-order valence-corrected chi connectivity index (χ0v) is 69.9. The molecule has 2 fully saturated rings. The molecule has 10 aromatic carbocycles. The molecule has 0 radical (unpaired) electrons. The SMILES string of the molecule is CCC(O)COc1ccc(C(C)(C)c2ccc(OCC3OC3N(c3ccc(Cc4ccc(N(C(O)COc5ccc(C(C)(C)c6ccc(OCC(O)CC)cc6)cc5)C(O)COc5ccc(C(C)(C)c6ccc(OCC(C)(C)O)cc6)cc5)cc4)cc3)C3OC3COc3ccc(C(C)(C)c4ccc(OCC(O)CC)cc4)cc3)cc2)cc1. The lowest BCUT2D eigenvalue weighted by atomic mass is 9.78. The molecule has 9 unspecified atom stereocenters. The van der Waals surface area contributed by atoms with E-state index >= 15 is 0 Å². The van der Waals surface area contributed by atoms with Crippen molar-refractivity contribution in [3.63, 3.8) is 0 Å². The quantitative estimate of drug-likeness (QED) is 0.0154. The standard InChI is InChI=1S/C99H118N2O16/c1-14-78(102)58-108-81-41-21-68(22-42-81)96(6,7)71-27-47-84(48-28-71)111-61-89-93(116-89)101(94-90(117-94)62-112-85-49-29-72(30-50-85)97(8,9)69-23-43-82(44-24-69)109-59-79(103)15-2)77-39-19-67(20-40-77)57-66-17-37-76(38-18-66)100(91(105)63-113-86-51-31-73(32-52-86)98(10,11)70-25-45-83(46-26-70)110-60-80(104)16-3)92(106)64-114-87-53-33-74(34-54-87)99(12,13)75-35-55-88(56-36-75)115-65-95(4,5)107/h17-56,78-80,89-94,102-107H,14-16,57-65H2,1-13H3. The monoisotopic (exact) mass is 1590 g/mol. The Morgan fingerprint density at radius 3 is 0.778 bits per heavy atom. The van der Waals surface area contributed by atoms with Gasteiger partial charge in [0.25, 0.3) is 0 Å². The molecule has 2 heterocycles. The summed E-state index contributed by atoms with van der Waals surface area (Å²) in [6.07, 6.45) is -2.90. The van der Waals surface area contributed by atoms with Gasteiger partial charge < -0.3 is 87.8 Å². The lowest BCUT2D eigenvalue weighted by Crippen LogP contribution is -2.49. The van der Waals surface area contributed by atoms with Crippen molar-refractivity contribution in [2.75, 3.05) is 62.7 Å². The molecule has 6 N–H and O–H groups in total. The van der Waals surface area contributed by atoms with Crippen LogP contribution in [0.1, 0.15) is 165 Å². The van der Waals surface area contributed by atoms with Gasteiger partial charge in [-0.1, -0.05) is 197 Å².